The summed E-state index contributed by atoms with van der Waals surface area (Å²) >= 11 is 6.42. The van der Waals surface area contributed by atoms with Gasteiger partial charge in [-0.2, -0.15) is 0 Å². The van der Waals surface area contributed by atoms with Gasteiger partial charge in [0.2, 0.25) is 9.76 Å². The zero-order chi connectivity index (χ0) is 23.3. The third-order valence-electron chi connectivity index (χ3n) is 3.97. The lowest BCUT2D eigenvalue weighted by atomic mass is 9.95. The Kier molecular flexibility index (Phi) is 9.33. The van der Waals surface area contributed by atoms with E-state index in [0.29, 0.717) is 11.4 Å². The van der Waals surface area contributed by atoms with Gasteiger partial charge in [0.05, 0.1) is 12.1 Å². The maximum Gasteiger partial charge on any atom is 0.410 e. The second-order valence-corrected chi connectivity index (χ2v) is 12.2. The number of benzene rings is 1. The molecule has 0 heterocycles. The molecule has 0 atom stereocenters. The zero-order valence-corrected chi connectivity index (χ0v) is 21.0. The van der Waals surface area contributed by atoms with Crippen molar-refractivity contribution in [2.45, 2.75) is 84.5 Å². The monoisotopic (exact) mass is 461 g/mol. The van der Waals surface area contributed by atoms with Crippen molar-refractivity contribution in [2.75, 3.05) is 13.1 Å². The summed E-state index contributed by atoms with van der Waals surface area (Å²) in [6, 6.07) is 5.54. The van der Waals surface area contributed by atoms with Crippen molar-refractivity contribution in [1.82, 2.24) is 4.90 Å². The Morgan fingerprint density at radius 1 is 1.13 bits per heavy atom. The van der Waals surface area contributed by atoms with Crippen molar-refractivity contribution in [1.29, 1.82) is 0 Å². The van der Waals surface area contributed by atoms with Crippen LogP contribution in [-0.4, -0.2) is 45.9 Å². The van der Waals surface area contributed by atoms with Crippen molar-refractivity contribution in [3.8, 4) is 0 Å². The fourth-order valence-electron chi connectivity index (χ4n) is 2.54. The largest absolute Gasteiger partial charge is 0.444 e. The SMILES string of the molecule is CC(C)(C)OC(=O)N(CCc1ccc(Cl)c(C(C)(C)O[Si]C(C)(C)C)c1)CC(F)F. The zero-order valence-electron chi connectivity index (χ0n) is 19.2. The standard InChI is InChI=1S/C22H34ClF2NO3Si/c1-20(2,3)28-19(27)26(14-18(24)25)12-11-15-9-10-17(23)16(13-15)22(7,8)29-30-21(4,5)6/h9-10,13,18H,11-12,14H2,1-8H3. The smallest absolute Gasteiger partial charge is 0.410 e. The van der Waals surface area contributed by atoms with E-state index in [1.807, 2.05) is 26.0 Å². The number of alkyl halides is 2. The number of halogens is 3. The average molecular weight is 462 g/mol. The molecular weight excluding hydrogens is 428 g/mol. The van der Waals surface area contributed by atoms with E-state index in [2.05, 4.69) is 20.8 Å². The topological polar surface area (TPSA) is 38.8 Å². The first kappa shape index (κ1) is 26.9. The summed E-state index contributed by atoms with van der Waals surface area (Å²) in [6.45, 7) is 14.8. The quantitative estimate of drug-likeness (QED) is 0.416. The molecule has 4 nitrogen and oxygen atoms in total. The van der Waals surface area contributed by atoms with Crippen LogP contribution in [0.25, 0.3) is 0 Å². The second-order valence-electron chi connectivity index (χ2n) is 9.85. The van der Waals surface area contributed by atoms with Crippen molar-refractivity contribution in [3.05, 3.63) is 34.3 Å². The van der Waals surface area contributed by atoms with Crippen LogP contribution in [0.2, 0.25) is 10.1 Å². The van der Waals surface area contributed by atoms with E-state index in [9.17, 15) is 13.6 Å². The first-order valence-electron chi connectivity index (χ1n) is 10.0. The summed E-state index contributed by atoms with van der Waals surface area (Å²) in [5.41, 5.74) is 0.358. The van der Waals surface area contributed by atoms with Gasteiger partial charge in [-0.3, -0.25) is 0 Å². The lowest BCUT2D eigenvalue weighted by Gasteiger charge is -2.31. The lowest BCUT2D eigenvalue weighted by Crippen LogP contribution is -2.40. The number of hydrogen-bond acceptors (Lipinski definition) is 3. The number of ether oxygens (including phenoxy) is 1. The van der Waals surface area contributed by atoms with Crippen LogP contribution in [0.4, 0.5) is 13.6 Å². The molecule has 0 aromatic heterocycles. The Labute approximate surface area is 187 Å². The normalized spacial score (nSPS) is 12.9. The third-order valence-corrected chi connectivity index (χ3v) is 5.53. The van der Waals surface area contributed by atoms with Gasteiger partial charge in [0.25, 0.3) is 6.43 Å². The number of carbonyl (C=O) groups is 1. The minimum absolute atomic E-state index is 0.0323. The number of amides is 1. The van der Waals surface area contributed by atoms with Crippen LogP contribution in [0.5, 0.6) is 0 Å². The molecule has 0 bridgehead atoms. The van der Waals surface area contributed by atoms with Crippen LogP contribution in [0.15, 0.2) is 18.2 Å². The molecular formula is C22H34ClF2NO3Si. The van der Waals surface area contributed by atoms with Crippen molar-refractivity contribution in [2.24, 2.45) is 0 Å². The molecule has 8 heteroatoms. The van der Waals surface area contributed by atoms with E-state index < -0.39 is 30.3 Å². The summed E-state index contributed by atoms with van der Waals surface area (Å²) in [4.78, 5) is 13.4. The first-order valence-corrected chi connectivity index (χ1v) is 11.3. The van der Waals surface area contributed by atoms with E-state index >= 15 is 0 Å². The third kappa shape index (κ3) is 9.75. The number of hydrogen-bond donors (Lipinski definition) is 0. The van der Waals surface area contributed by atoms with E-state index in [1.54, 1.807) is 26.8 Å². The molecule has 1 amide bonds. The fraction of sp³-hybridized carbons (Fsp3) is 0.682. The van der Waals surface area contributed by atoms with Gasteiger partial charge in [0, 0.05) is 17.1 Å². The summed E-state index contributed by atoms with van der Waals surface area (Å²) < 4.78 is 37.4. The molecule has 170 valence electrons. The Morgan fingerprint density at radius 2 is 1.73 bits per heavy atom. The number of carbonyl (C=O) groups excluding carboxylic acids is 1. The average Bonchev–Trinajstić information content (AvgIpc) is 2.55. The molecule has 0 aliphatic carbocycles. The molecule has 1 aromatic rings. The molecule has 0 saturated heterocycles. The summed E-state index contributed by atoms with van der Waals surface area (Å²) in [7, 11) is 0.285. The van der Waals surface area contributed by atoms with Crippen molar-refractivity contribution < 1.29 is 22.7 Å². The summed E-state index contributed by atoms with van der Waals surface area (Å²) in [5.74, 6) is 0. The summed E-state index contributed by atoms with van der Waals surface area (Å²) in [6.07, 6.45) is -2.98. The highest BCUT2D eigenvalue weighted by atomic mass is 35.5. The fourth-order valence-corrected chi connectivity index (χ4v) is 3.56. The van der Waals surface area contributed by atoms with Crippen LogP contribution < -0.4 is 0 Å². The molecule has 30 heavy (non-hydrogen) atoms. The van der Waals surface area contributed by atoms with E-state index in [-0.39, 0.29) is 21.3 Å². The van der Waals surface area contributed by atoms with Gasteiger partial charge in [-0.05, 0) is 57.7 Å². The number of nitrogens with zero attached hydrogens (tertiary/aromatic N) is 1. The number of rotatable bonds is 8. The van der Waals surface area contributed by atoms with Gasteiger partial charge in [0.1, 0.15) is 5.60 Å². The van der Waals surface area contributed by atoms with Crippen LogP contribution in [0.1, 0.15) is 66.5 Å². The van der Waals surface area contributed by atoms with E-state index in [0.717, 1.165) is 16.0 Å². The van der Waals surface area contributed by atoms with Gasteiger partial charge in [-0.15, -0.1) is 0 Å². The molecule has 1 aromatic carbocycles. The Bertz CT molecular complexity index is 715. The predicted molar refractivity (Wildman–Crippen MR) is 119 cm³/mol. The molecule has 0 fully saturated rings. The van der Waals surface area contributed by atoms with Crippen LogP contribution in [0, 0.1) is 0 Å². The highest BCUT2D eigenvalue weighted by molar-refractivity contribution is 6.32. The second kappa shape index (κ2) is 10.4. The van der Waals surface area contributed by atoms with E-state index in [4.69, 9.17) is 20.8 Å². The lowest BCUT2D eigenvalue weighted by molar-refractivity contribution is 0.0105. The van der Waals surface area contributed by atoms with Crippen LogP contribution in [0.3, 0.4) is 0 Å². The molecule has 1 rings (SSSR count). The Hall–Kier alpha value is -1.18. The maximum atomic E-state index is 13.0. The molecule has 0 spiro atoms. The minimum Gasteiger partial charge on any atom is -0.444 e. The predicted octanol–water partition coefficient (Wildman–Crippen LogP) is 6.47. The Balaban J connectivity index is 2.96. The molecule has 0 aliphatic rings. The highest BCUT2D eigenvalue weighted by Gasteiger charge is 2.28. The molecule has 0 unspecified atom stereocenters. The Morgan fingerprint density at radius 3 is 2.23 bits per heavy atom. The van der Waals surface area contributed by atoms with Gasteiger partial charge in [-0.1, -0.05) is 44.5 Å². The van der Waals surface area contributed by atoms with Gasteiger partial charge < -0.3 is 14.1 Å². The van der Waals surface area contributed by atoms with Crippen LogP contribution in [-0.2, 0) is 21.2 Å². The van der Waals surface area contributed by atoms with Gasteiger partial charge in [0.15, 0.2) is 0 Å². The summed E-state index contributed by atoms with van der Waals surface area (Å²) in [5, 5.41) is 0.615. The highest BCUT2D eigenvalue weighted by Crippen LogP contribution is 2.34. The van der Waals surface area contributed by atoms with Gasteiger partial charge >= 0.3 is 6.09 Å². The maximum absolute atomic E-state index is 13.0. The van der Waals surface area contributed by atoms with Crippen molar-refractivity contribution >= 4 is 27.5 Å². The molecule has 0 saturated carbocycles. The van der Waals surface area contributed by atoms with Crippen LogP contribution >= 0.6 is 11.6 Å². The molecule has 2 radical (unpaired) electrons. The van der Waals surface area contributed by atoms with E-state index in [1.165, 1.54) is 0 Å². The molecule has 0 aliphatic heterocycles. The van der Waals surface area contributed by atoms with Crippen molar-refractivity contribution in [3.63, 3.8) is 0 Å². The first-order chi connectivity index (χ1) is 13.5. The van der Waals surface area contributed by atoms with Gasteiger partial charge in [-0.25, -0.2) is 13.6 Å². The molecule has 0 N–H and O–H groups in total. The minimum atomic E-state index is -2.64.